The molecule has 2 unspecified atom stereocenters. The highest BCUT2D eigenvalue weighted by molar-refractivity contribution is 5.22. The summed E-state index contributed by atoms with van der Waals surface area (Å²) in [6.07, 6.45) is 0. The number of hydrazine groups is 2. The second-order valence-corrected chi connectivity index (χ2v) is 3.21. The minimum absolute atomic E-state index is 0.0380. The SMILES string of the molecule is CC(N)C1=C(N)C(C)N(N)N1C. The van der Waals surface area contributed by atoms with Gasteiger partial charge in [0.25, 0.3) is 0 Å². The molecule has 0 amide bonds. The van der Waals surface area contributed by atoms with Crippen molar-refractivity contribution in [1.29, 1.82) is 0 Å². The van der Waals surface area contributed by atoms with Crippen molar-refractivity contribution in [1.82, 2.24) is 10.1 Å². The molecule has 1 aliphatic heterocycles. The minimum Gasteiger partial charge on any atom is -0.399 e. The predicted molar refractivity (Wildman–Crippen MR) is 48.1 cm³/mol. The summed E-state index contributed by atoms with van der Waals surface area (Å²) in [6.45, 7) is 3.84. The summed E-state index contributed by atoms with van der Waals surface area (Å²) in [5, 5.41) is 3.37. The Bertz CT molecular complexity index is 210. The van der Waals surface area contributed by atoms with Gasteiger partial charge in [0.2, 0.25) is 0 Å². The van der Waals surface area contributed by atoms with Crippen molar-refractivity contribution in [3.8, 4) is 0 Å². The molecular weight excluding hydrogens is 154 g/mol. The highest BCUT2D eigenvalue weighted by Crippen LogP contribution is 2.22. The fourth-order valence-electron chi connectivity index (χ4n) is 1.49. The van der Waals surface area contributed by atoms with Gasteiger partial charge in [-0.25, -0.2) is 5.84 Å². The first-order valence-electron chi connectivity index (χ1n) is 3.99. The fraction of sp³-hybridized carbons (Fsp3) is 0.714. The lowest BCUT2D eigenvalue weighted by Gasteiger charge is -2.27. The van der Waals surface area contributed by atoms with E-state index in [-0.39, 0.29) is 12.1 Å². The van der Waals surface area contributed by atoms with Crippen molar-refractivity contribution in [2.75, 3.05) is 7.05 Å². The van der Waals surface area contributed by atoms with Crippen molar-refractivity contribution in [2.24, 2.45) is 17.3 Å². The van der Waals surface area contributed by atoms with Crippen LogP contribution in [0.3, 0.4) is 0 Å². The molecular formula is C7H17N5. The van der Waals surface area contributed by atoms with Gasteiger partial charge in [-0.05, 0) is 13.8 Å². The van der Waals surface area contributed by atoms with Gasteiger partial charge in [0.05, 0.1) is 17.4 Å². The maximum Gasteiger partial charge on any atom is 0.0833 e. The molecule has 0 saturated heterocycles. The Morgan fingerprint density at radius 3 is 2.17 bits per heavy atom. The summed E-state index contributed by atoms with van der Waals surface area (Å²) in [4.78, 5) is 0. The van der Waals surface area contributed by atoms with Crippen LogP contribution in [-0.4, -0.2) is 29.3 Å². The second kappa shape index (κ2) is 2.93. The molecule has 70 valence electrons. The van der Waals surface area contributed by atoms with Crippen molar-refractivity contribution in [2.45, 2.75) is 25.9 Å². The summed E-state index contributed by atoms with van der Waals surface area (Å²) in [7, 11) is 1.86. The van der Waals surface area contributed by atoms with Crippen molar-refractivity contribution < 1.29 is 0 Å². The van der Waals surface area contributed by atoms with Crippen LogP contribution >= 0.6 is 0 Å². The van der Waals surface area contributed by atoms with Crippen LogP contribution in [0.4, 0.5) is 0 Å². The van der Waals surface area contributed by atoms with Gasteiger partial charge >= 0.3 is 0 Å². The van der Waals surface area contributed by atoms with Crippen LogP contribution in [0.1, 0.15) is 13.8 Å². The lowest BCUT2D eigenvalue weighted by Crippen LogP contribution is -2.46. The van der Waals surface area contributed by atoms with Crippen molar-refractivity contribution in [3.63, 3.8) is 0 Å². The van der Waals surface area contributed by atoms with Gasteiger partial charge in [0.1, 0.15) is 0 Å². The molecule has 0 bridgehead atoms. The lowest BCUT2D eigenvalue weighted by molar-refractivity contribution is 0.0303. The zero-order valence-corrected chi connectivity index (χ0v) is 7.78. The van der Waals surface area contributed by atoms with Crippen LogP contribution < -0.4 is 17.3 Å². The molecule has 0 spiro atoms. The summed E-state index contributed by atoms with van der Waals surface area (Å²) in [6, 6.07) is -0.0398. The average Bonchev–Trinajstić information content (AvgIpc) is 2.16. The molecule has 1 rings (SSSR count). The molecule has 2 atom stereocenters. The molecule has 1 aliphatic rings. The van der Waals surface area contributed by atoms with Crippen LogP contribution in [0.2, 0.25) is 0 Å². The minimum atomic E-state index is -0.0778. The van der Waals surface area contributed by atoms with E-state index >= 15 is 0 Å². The Balaban J connectivity index is 2.96. The maximum atomic E-state index is 5.84. The molecule has 12 heavy (non-hydrogen) atoms. The largest absolute Gasteiger partial charge is 0.399 e. The van der Waals surface area contributed by atoms with Crippen LogP contribution in [0, 0.1) is 0 Å². The highest BCUT2D eigenvalue weighted by Gasteiger charge is 2.31. The predicted octanol–water partition coefficient (Wildman–Crippen LogP) is -1.07. The molecule has 0 saturated carbocycles. The number of hydrogen-bond donors (Lipinski definition) is 3. The molecule has 1 heterocycles. The van der Waals surface area contributed by atoms with Crippen LogP contribution in [0.15, 0.2) is 11.4 Å². The normalized spacial score (nSPS) is 28.4. The van der Waals surface area contributed by atoms with E-state index in [2.05, 4.69) is 0 Å². The number of nitrogens with two attached hydrogens (primary N) is 3. The Labute approximate surface area is 72.7 Å². The second-order valence-electron chi connectivity index (χ2n) is 3.21. The molecule has 0 aromatic heterocycles. The van der Waals surface area contributed by atoms with Gasteiger partial charge in [-0.3, -0.25) is 5.01 Å². The Hall–Kier alpha value is -0.780. The maximum absolute atomic E-state index is 5.84. The molecule has 0 radical (unpaired) electrons. The topological polar surface area (TPSA) is 84.5 Å². The number of likely N-dealkylation sites (N-methyl/N-ethyl adjacent to an activating group) is 1. The first-order valence-corrected chi connectivity index (χ1v) is 3.99. The van der Waals surface area contributed by atoms with Gasteiger partial charge in [-0.15, -0.1) is 0 Å². The van der Waals surface area contributed by atoms with Crippen LogP contribution in [-0.2, 0) is 0 Å². The lowest BCUT2D eigenvalue weighted by atomic mass is 10.1. The van der Waals surface area contributed by atoms with E-state index in [1.165, 1.54) is 0 Å². The van der Waals surface area contributed by atoms with Crippen LogP contribution in [0.25, 0.3) is 0 Å². The van der Waals surface area contributed by atoms with E-state index in [0.29, 0.717) is 0 Å². The molecule has 5 nitrogen and oxygen atoms in total. The summed E-state index contributed by atoms with van der Waals surface area (Å²) in [5.41, 5.74) is 13.2. The van der Waals surface area contributed by atoms with E-state index in [1.54, 1.807) is 10.1 Å². The quantitative estimate of drug-likeness (QED) is 0.437. The smallest absolute Gasteiger partial charge is 0.0833 e. The van der Waals surface area contributed by atoms with Crippen LogP contribution in [0.5, 0.6) is 0 Å². The van der Waals surface area contributed by atoms with Gasteiger partial charge in [-0.1, -0.05) is 0 Å². The Morgan fingerprint density at radius 1 is 1.50 bits per heavy atom. The third-order valence-corrected chi connectivity index (χ3v) is 2.27. The average molecular weight is 171 g/mol. The molecule has 0 fully saturated rings. The van der Waals surface area contributed by atoms with E-state index in [0.717, 1.165) is 11.4 Å². The third kappa shape index (κ3) is 1.16. The van der Waals surface area contributed by atoms with Gasteiger partial charge in [0.15, 0.2) is 0 Å². The summed E-state index contributed by atoms with van der Waals surface area (Å²) in [5.74, 6) is 5.72. The van der Waals surface area contributed by atoms with E-state index in [9.17, 15) is 0 Å². The van der Waals surface area contributed by atoms with Gasteiger partial charge in [0, 0.05) is 13.1 Å². The first-order chi connectivity index (χ1) is 5.46. The summed E-state index contributed by atoms with van der Waals surface area (Å²) >= 11 is 0. The van der Waals surface area contributed by atoms with Crippen molar-refractivity contribution in [3.05, 3.63) is 11.4 Å². The highest BCUT2D eigenvalue weighted by atomic mass is 15.8. The zero-order valence-electron chi connectivity index (χ0n) is 7.78. The van der Waals surface area contributed by atoms with Gasteiger partial charge in [-0.2, -0.15) is 5.12 Å². The van der Waals surface area contributed by atoms with E-state index < -0.39 is 0 Å². The molecule has 5 heteroatoms. The molecule has 6 N–H and O–H groups in total. The number of rotatable bonds is 1. The summed E-state index contributed by atoms with van der Waals surface area (Å²) < 4.78 is 0. The Kier molecular flexibility index (Phi) is 2.27. The number of nitrogens with zero attached hydrogens (tertiary/aromatic N) is 2. The monoisotopic (exact) mass is 171 g/mol. The third-order valence-electron chi connectivity index (χ3n) is 2.27. The number of hydrogen-bond acceptors (Lipinski definition) is 5. The molecule has 0 aromatic carbocycles. The van der Waals surface area contributed by atoms with E-state index in [1.807, 2.05) is 20.9 Å². The van der Waals surface area contributed by atoms with E-state index in [4.69, 9.17) is 17.3 Å². The molecule has 0 aliphatic carbocycles. The Morgan fingerprint density at radius 2 is 2.00 bits per heavy atom. The molecule has 0 aromatic rings. The zero-order chi connectivity index (χ0) is 9.46. The van der Waals surface area contributed by atoms with Crippen molar-refractivity contribution >= 4 is 0 Å². The first kappa shape index (κ1) is 9.31. The fourth-order valence-corrected chi connectivity index (χ4v) is 1.49. The van der Waals surface area contributed by atoms with Gasteiger partial charge < -0.3 is 11.5 Å². The standard InChI is InChI=1S/C7H17N5/c1-4(8)7-6(9)5(2)12(10)11(7)3/h4-5H,8-10H2,1-3H3.